The van der Waals surface area contributed by atoms with Gasteiger partial charge >= 0.3 is 5.97 Å². The lowest BCUT2D eigenvalue weighted by atomic mass is 9.71. The number of esters is 1. The van der Waals surface area contributed by atoms with Crippen LogP contribution < -0.4 is 0 Å². The van der Waals surface area contributed by atoms with E-state index in [-0.39, 0.29) is 17.5 Å². The average molecular weight is 341 g/mol. The number of benzene rings is 1. The van der Waals surface area contributed by atoms with Crippen molar-refractivity contribution < 1.29 is 9.53 Å². The molecule has 0 amide bonds. The van der Waals surface area contributed by atoms with Gasteiger partial charge < -0.3 is 4.74 Å². The van der Waals surface area contributed by atoms with Crippen LogP contribution in [0.25, 0.3) is 0 Å². The normalized spacial score (nSPS) is 23.0. The molecule has 0 radical (unpaired) electrons. The molecule has 0 N–H and O–H groups in total. The molecule has 3 heteroatoms. The molecule has 136 valence electrons. The van der Waals surface area contributed by atoms with Gasteiger partial charge in [-0.05, 0) is 62.6 Å². The maximum absolute atomic E-state index is 12.4. The first-order chi connectivity index (χ1) is 12.1. The first kappa shape index (κ1) is 19.5. The smallest absolute Gasteiger partial charge is 0.338 e. The molecule has 1 saturated carbocycles. The highest BCUT2D eigenvalue weighted by molar-refractivity contribution is 5.89. The summed E-state index contributed by atoms with van der Waals surface area (Å²) in [4.78, 5) is 12.4. The van der Waals surface area contributed by atoms with Crippen molar-refractivity contribution in [2.45, 2.75) is 84.2 Å². The fourth-order valence-corrected chi connectivity index (χ4v) is 3.60. The summed E-state index contributed by atoms with van der Waals surface area (Å²) >= 11 is 0. The van der Waals surface area contributed by atoms with Crippen LogP contribution in [0.4, 0.5) is 0 Å². The predicted molar refractivity (Wildman–Crippen MR) is 100 cm³/mol. The molecular formula is C22H31NO2. The van der Waals surface area contributed by atoms with E-state index in [0.717, 1.165) is 51.4 Å². The number of ether oxygens (including phenoxy) is 1. The van der Waals surface area contributed by atoms with Crippen LogP contribution in [0.15, 0.2) is 24.3 Å². The van der Waals surface area contributed by atoms with Crippen LogP contribution in [-0.2, 0) is 11.2 Å². The van der Waals surface area contributed by atoms with Crippen molar-refractivity contribution in [3.63, 3.8) is 0 Å². The van der Waals surface area contributed by atoms with E-state index in [1.54, 1.807) is 0 Å². The zero-order chi connectivity index (χ0) is 18.1. The van der Waals surface area contributed by atoms with Gasteiger partial charge in [-0.15, -0.1) is 0 Å². The Bertz CT molecular complexity index is 577. The Kier molecular flexibility index (Phi) is 7.50. The lowest BCUT2D eigenvalue weighted by molar-refractivity contribution is 0.0105. The molecule has 0 heterocycles. The van der Waals surface area contributed by atoms with Crippen LogP contribution in [0.5, 0.6) is 0 Å². The SMILES string of the molecule is CCCCc1ccc(C(=O)OC2CCC(C#N)(CCCC)CC2)cc1. The Balaban J connectivity index is 1.84. The zero-order valence-electron chi connectivity index (χ0n) is 15.7. The van der Waals surface area contributed by atoms with Crippen molar-refractivity contribution in [3.05, 3.63) is 35.4 Å². The second-order valence-electron chi connectivity index (χ2n) is 7.40. The quantitative estimate of drug-likeness (QED) is 0.559. The standard InChI is InChI=1S/C22H31NO2/c1-3-5-7-18-8-10-19(11-9-18)21(24)25-20-12-15-22(17-23,16-13-20)14-6-4-2/h8-11,20H,3-7,12-16H2,1-2H3. The first-order valence-corrected chi connectivity index (χ1v) is 9.83. The molecule has 0 saturated heterocycles. The molecule has 0 bridgehead atoms. The third-order valence-corrected chi connectivity index (χ3v) is 5.42. The van der Waals surface area contributed by atoms with Crippen molar-refractivity contribution in [1.82, 2.24) is 0 Å². The molecule has 2 rings (SSSR count). The number of hydrogen-bond donors (Lipinski definition) is 0. The van der Waals surface area contributed by atoms with Crippen molar-refractivity contribution in [3.8, 4) is 6.07 Å². The van der Waals surface area contributed by atoms with E-state index in [1.807, 2.05) is 24.3 Å². The Hall–Kier alpha value is -1.82. The molecule has 1 aliphatic carbocycles. The summed E-state index contributed by atoms with van der Waals surface area (Å²) in [5.41, 5.74) is 1.70. The number of nitriles is 1. The lowest BCUT2D eigenvalue weighted by Gasteiger charge is -2.34. The molecular weight excluding hydrogens is 310 g/mol. The number of unbranched alkanes of at least 4 members (excludes halogenated alkanes) is 2. The van der Waals surface area contributed by atoms with E-state index < -0.39 is 0 Å². The van der Waals surface area contributed by atoms with E-state index in [2.05, 4.69) is 19.9 Å². The molecule has 0 aliphatic heterocycles. The Labute approximate surface area is 152 Å². The van der Waals surface area contributed by atoms with Gasteiger partial charge in [-0.3, -0.25) is 0 Å². The molecule has 0 atom stereocenters. The van der Waals surface area contributed by atoms with Crippen molar-refractivity contribution in [2.75, 3.05) is 0 Å². The highest BCUT2D eigenvalue weighted by Gasteiger charge is 2.36. The van der Waals surface area contributed by atoms with Crippen LogP contribution in [0, 0.1) is 16.7 Å². The summed E-state index contributed by atoms with van der Waals surface area (Å²) in [6.45, 7) is 4.34. The van der Waals surface area contributed by atoms with Gasteiger partial charge in [-0.25, -0.2) is 4.79 Å². The minimum Gasteiger partial charge on any atom is -0.459 e. The van der Waals surface area contributed by atoms with Crippen LogP contribution in [0.3, 0.4) is 0 Å². The van der Waals surface area contributed by atoms with Gasteiger partial charge in [0.1, 0.15) is 6.10 Å². The first-order valence-electron chi connectivity index (χ1n) is 9.83. The summed E-state index contributed by atoms with van der Waals surface area (Å²) in [7, 11) is 0. The Morgan fingerprint density at radius 3 is 2.36 bits per heavy atom. The summed E-state index contributed by atoms with van der Waals surface area (Å²) in [6, 6.07) is 10.3. The number of hydrogen-bond acceptors (Lipinski definition) is 3. The molecule has 1 aromatic rings. The van der Waals surface area contributed by atoms with E-state index in [1.165, 1.54) is 18.4 Å². The second-order valence-corrected chi connectivity index (χ2v) is 7.40. The van der Waals surface area contributed by atoms with Crippen molar-refractivity contribution >= 4 is 5.97 Å². The summed E-state index contributed by atoms with van der Waals surface area (Å²) in [6.07, 6.45) is 9.85. The van der Waals surface area contributed by atoms with E-state index >= 15 is 0 Å². The van der Waals surface area contributed by atoms with Gasteiger partial charge in [0.15, 0.2) is 0 Å². The van der Waals surface area contributed by atoms with Gasteiger partial charge in [-0.1, -0.05) is 45.2 Å². The minimum absolute atomic E-state index is 0.0460. The summed E-state index contributed by atoms with van der Waals surface area (Å²) in [5, 5.41) is 9.54. The number of aryl methyl sites for hydroxylation is 1. The molecule has 0 unspecified atom stereocenters. The van der Waals surface area contributed by atoms with Crippen LogP contribution >= 0.6 is 0 Å². The average Bonchev–Trinajstić information content (AvgIpc) is 2.66. The van der Waals surface area contributed by atoms with Gasteiger partial charge in [0.05, 0.1) is 17.0 Å². The van der Waals surface area contributed by atoms with Crippen LogP contribution in [0.2, 0.25) is 0 Å². The second kappa shape index (κ2) is 9.61. The molecule has 3 nitrogen and oxygen atoms in total. The maximum Gasteiger partial charge on any atom is 0.338 e. The topological polar surface area (TPSA) is 50.1 Å². The number of carbonyl (C=O) groups is 1. The lowest BCUT2D eigenvalue weighted by Crippen LogP contribution is -2.31. The Morgan fingerprint density at radius 2 is 1.80 bits per heavy atom. The van der Waals surface area contributed by atoms with Crippen molar-refractivity contribution in [2.24, 2.45) is 5.41 Å². The molecule has 1 aliphatic rings. The van der Waals surface area contributed by atoms with Gasteiger partial charge in [0, 0.05) is 0 Å². The molecule has 0 aromatic heterocycles. The number of rotatable bonds is 8. The van der Waals surface area contributed by atoms with Crippen molar-refractivity contribution in [1.29, 1.82) is 5.26 Å². The predicted octanol–water partition coefficient (Wildman–Crippen LogP) is 5.83. The monoisotopic (exact) mass is 341 g/mol. The molecule has 1 fully saturated rings. The van der Waals surface area contributed by atoms with Gasteiger partial charge in [0.25, 0.3) is 0 Å². The number of carbonyl (C=O) groups excluding carboxylic acids is 1. The van der Waals surface area contributed by atoms with E-state index in [9.17, 15) is 10.1 Å². The maximum atomic E-state index is 12.4. The zero-order valence-corrected chi connectivity index (χ0v) is 15.7. The highest BCUT2D eigenvalue weighted by Crippen LogP contribution is 2.41. The molecule has 25 heavy (non-hydrogen) atoms. The number of nitrogens with zero attached hydrogens (tertiary/aromatic N) is 1. The van der Waals surface area contributed by atoms with Gasteiger partial charge in [0.2, 0.25) is 0 Å². The fourth-order valence-electron chi connectivity index (χ4n) is 3.60. The van der Waals surface area contributed by atoms with E-state index in [0.29, 0.717) is 5.56 Å². The van der Waals surface area contributed by atoms with Gasteiger partial charge in [-0.2, -0.15) is 5.26 Å². The summed E-state index contributed by atoms with van der Waals surface area (Å²) < 4.78 is 5.69. The fraction of sp³-hybridized carbons (Fsp3) is 0.636. The van der Waals surface area contributed by atoms with Crippen LogP contribution in [0.1, 0.15) is 87.6 Å². The third kappa shape index (κ3) is 5.59. The highest BCUT2D eigenvalue weighted by atomic mass is 16.5. The molecule has 1 aromatic carbocycles. The largest absolute Gasteiger partial charge is 0.459 e. The minimum atomic E-state index is -0.231. The van der Waals surface area contributed by atoms with Crippen LogP contribution in [-0.4, -0.2) is 12.1 Å². The molecule has 0 spiro atoms. The third-order valence-electron chi connectivity index (χ3n) is 5.42. The Morgan fingerprint density at radius 1 is 1.16 bits per heavy atom. The van der Waals surface area contributed by atoms with E-state index in [4.69, 9.17) is 4.74 Å². The summed E-state index contributed by atoms with van der Waals surface area (Å²) in [5.74, 6) is -0.231.